The zero-order valence-electron chi connectivity index (χ0n) is 10.7. The van der Waals surface area contributed by atoms with Crippen molar-refractivity contribution in [1.82, 2.24) is 5.32 Å². The molecule has 2 nitrogen and oxygen atoms in total. The minimum atomic E-state index is 0.286. The van der Waals surface area contributed by atoms with Gasteiger partial charge in [-0.1, -0.05) is 18.5 Å². The summed E-state index contributed by atoms with van der Waals surface area (Å²) in [5.74, 6) is 2.12. The maximum atomic E-state index is 5.99. The Balaban J connectivity index is 2.26. The number of fused-ring (bicyclic) bond motifs is 1. The van der Waals surface area contributed by atoms with Gasteiger partial charge in [0.1, 0.15) is 11.3 Å². The predicted octanol–water partition coefficient (Wildman–Crippen LogP) is 4.49. The van der Waals surface area contributed by atoms with Crippen LogP contribution in [-0.4, -0.2) is 18.6 Å². The Bertz CT molecular complexity index is 511. The van der Waals surface area contributed by atoms with E-state index < -0.39 is 0 Å². The molecule has 0 spiro atoms. The van der Waals surface area contributed by atoms with E-state index in [4.69, 9.17) is 16.0 Å². The van der Waals surface area contributed by atoms with E-state index >= 15 is 0 Å². The standard InChI is InChI=1S/C14H18ClNOS/c1-3-16-12(6-7-18-2)14-9-10-8-11(15)4-5-13(10)17-14/h4-5,8-9,12,16H,3,6-7H2,1-2H3. The summed E-state index contributed by atoms with van der Waals surface area (Å²) in [4.78, 5) is 0. The number of rotatable bonds is 6. The molecule has 98 valence electrons. The minimum absolute atomic E-state index is 0.286. The van der Waals surface area contributed by atoms with Gasteiger partial charge in [-0.2, -0.15) is 11.8 Å². The van der Waals surface area contributed by atoms with E-state index in [1.807, 2.05) is 30.0 Å². The zero-order valence-corrected chi connectivity index (χ0v) is 12.3. The van der Waals surface area contributed by atoms with E-state index in [0.717, 1.165) is 40.5 Å². The first-order valence-corrected chi connectivity index (χ1v) is 7.93. The molecule has 0 aliphatic carbocycles. The normalized spacial score (nSPS) is 13.1. The lowest BCUT2D eigenvalue weighted by molar-refractivity contribution is 0.430. The third kappa shape index (κ3) is 3.22. The molecule has 0 aliphatic rings. The molecular formula is C14H18ClNOS. The molecule has 0 bridgehead atoms. The van der Waals surface area contributed by atoms with Crippen LogP contribution in [0.25, 0.3) is 11.0 Å². The van der Waals surface area contributed by atoms with Crippen molar-refractivity contribution >= 4 is 34.3 Å². The van der Waals surface area contributed by atoms with Crippen molar-refractivity contribution < 1.29 is 4.42 Å². The van der Waals surface area contributed by atoms with Gasteiger partial charge in [0.25, 0.3) is 0 Å². The van der Waals surface area contributed by atoms with Crippen LogP contribution < -0.4 is 5.32 Å². The molecule has 0 saturated heterocycles. The van der Waals surface area contributed by atoms with Crippen LogP contribution in [-0.2, 0) is 0 Å². The van der Waals surface area contributed by atoms with Gasteiger partial charge in [-0.25, -0.2) is 0 Å². The van der Waals surface area contributed by atoms with Gasteiger partial charge < -0.3 is 9.73 Å². The molecule has 0 fully saturated rings. The Morgan fingerprint density at radius 2 is 2.22 bits per heavy atom. The molecule has 1 N–H and O–H groups in total. The number of benzene rings is 1. The number of thioether (sulfide) groups is 1. The molecule has 0 aliphatic heterocycles. The first kappa shape index (κ1) is 13.8. The third-order valence-corrected chi connectivity index (χ3v) is 3.78. The van der Waals surface area contributed by atoms with Crippen molar-refractivity contribution in [3.63, 3.8) is 0 Å². The molecular weight excluding hydrogens is 266 g/mol. The Labute approximate surface area is 117 Å². The quantitative estimate of drug-likeness (QED) is 0.845. The maximum Gasteiger partial charge on any atom is 0.134 e. The molecule has 2 aromatic rings. The van der Waals surface area contributed by atoms with Gasteiger partial charge in [-0.05, 0) is 49.2 Å². The highest BCUT2D eigenvalue weighted by Gasteiger charge is 2.15. The van der Waals surface area contributed by atoms with E-state index in [1.165, 1.54) is 0 Å². The van der Waals surface area contributed by atoms with Crippen molar-refractivity contribution in [2.75, 3.05) is 18.6 Å². The van der Waals surface area contributed by atoms with Crippen LogP contribution in [0, 0.1) is 0 Å². The molecule has 0 amide bonds. The van der Waals surface area contributed by atoms with E-state index in [2.05, 4.69) is 24.6 Å². The van der Waals surface area contributed by atoms with Crippen molar-refractivity contribution in [1.29, 1.82) is 0 Å². The van der Waals surface area contributed by atoms with Crippen LogP contribution in [0.3, 0.4) is 0 Å². The molecule has 1 heterocycles. The first-order valence-electron chi connectivity index (χ1n) is 6.16. The van der Waals surface area contributed by atoms with Crippen LogP contribution >= 0.6 is 23.4 Å². The summed E-state index contributed by atoms with van der Waals surface area (Å²) in [5.41, 5.74) is 0.904. The maximum absolute atomic E-state index is 5.99. The Hall–Kier alpha value is -0.640. The molecule has 0 radical (unpaired) electrons. The molecule has 1 aromatic heterocycles. The molecule has 1 atom stereocenters. The van der Waals surface area contributed by atoms with Crippen LogP contribution in [0.15, 0.2) is 28.7 Å². The molecule has 1 aromatic carbocycles. The molecule has 1 unspecified atom stereocenters. The van der Waals surface area contributed by atoms with Crippen LogP contribution in [0.4, 0.5) is 0 Å². The van der Waals surface area contributed by atoms with Crippen LogP contribution in [0.5, 0.6) is 0 Å². The third-order valence-electron chi connectivity index (χ3n) is 2.90. The molecule has 18 heavy (non-hydrogen) atoms. The summed E-state index contributed by atoms with van der Waals surface area (Å²) >= 11 is 7.85. The largest absolute Gasteiger partial charge is 0.459 e. The number of hydrogen-bond donors (Lipinski definition) is 1. The minimum Gasteiger partial charge on any atom is -0.459 e. The molecule has 4 heteroatoms. The second kappa shape index (κ2) is 6.50. The lowest BCUT2D eigenvalue weighted by atomic mass is 10.1. The summed E-state index contributed by atoms with van der Waals surface area (Å²) in [5, 5.41) is 5.29. The average Bonchev–Trinajstić information content (AvgIpc) is 2.77. The predicted molar refractivity (Wildman–Crippen MR) is 80.6 cm³/mol. The van der Waals surface area contributed by atoms with E-state index in [0.29, 0.717) is 0 Å². The highest BCUT2D eigenvalue weighted by Crippen LogP contribution is 2.28. The van der Waals surface area contributed by atoms with E-state index in [9.17, 15) is 0 Å². The van der Waals surface area contributed by atoms with Gasteiger partial charge in [0, 0.05) is 10.4 Å². The van der Waals surface area contributed by atoms with Gasteiger partial charge in [0.15, 0.2) is 0 Å². The average molecular weight is 284 g/mol. The number of furan rings is 1. The highest BCUT2D eigenvalue weighted by atomic mass is 35.5. The number of halogens is 1. The van der Waals surface area contributed by atoms with Gasteiger partial charge in [-0.3, -0.25) is 0 Å². The van der Waals surface area contributed by atoms with Crippen molar-refractivity contribution in [3.05, 3.63) is 35.0 Å². The summed E-state index contributed by atoms with van der Waals surface area (Å²) < 4.78 is 5.90. The van der Waals surface area contributed by atoms with E-state index in [1.54, 1.807) is 0 Å². The molecule has 2 rings (SSSR count). The second-order valence-electron chi connectivity index (χ2n) is 4.22. The Kier molecular flexibility index (Phi) is 4.98. The first-order chi connectivity index (χ1) is 8.74. The van der Waals surface area contributed by atoms with Crippen molar-refractivity contribution in [2.24, 2.45) is 0 Å². The summed E-state index contributed by atoms with van der Waals surface area (Å²) in [7, 11) is 0. The Morgan fingerprint density at radius 1 is 1.39 bits per heavy atom. The number of hydrogen-bond acceptors (Lipinski definition) is 3. The van der Waals surface area contributed by atoms with Crippen molar-refractivity contribution in [2.45, 2.75) is 19.4 Å². The molecule has 0 saturated carbocycles. The second-order valence-corrected chi connectivity index (χ2v) is 5.64. The lowest BCUT2D eigenvalue weighted by Gasteiger charge is -2.14. The fourth-order valence-corrected chi connectivity index (χ4v) is 2.69. The monoisotopic (exact) mass is 283 g/mol. The highest BCUT2D eigenvalue weighted by molar-refractivity contribution is 7.98. The lowest BCUT2D eigenvalue weighted by Crippen LogP contribution is -2.20. The zero-order chi connectivity index (χ0) is 13.0. The van der Waals surface area contributed by atoms with Crippen LogP contribution in [0.2, 0.25) is 5.02 Å². The fraction of sp³-hybridized carbons (Fsp3) is 0.429. The smallest absolute Gasteiger partial charge is 0.134 e. The Morgan fingerprint density at radius 3 is 2.94 bits per heavy atom. The van der Waals surface area contributed by atoms with Gasteiger partial charge in [0.05, 0.1) is 6.04 Å². The van der Waals surface area contributed by atoms with Gasteiger partial charge >= 0.3 is 0 Å². The van der Waals surface area contributed by atoms with E-state index in [-0.39, 0.29) is 6.04 Å². The van der Waals surface area contributed by atoms with Gasteiger partial charge in [-0.15, -0.1) is 0 Å². The fourth-order valence-electron chi connectivity index (χ4n) is 2.03. The topological polar surface area (TPSA) is 25.2 Å². The summed E-state index contributed by atoms with van der Waals surface area (Å²) in [6, 6.07) is 8.12. The van der Waals surface area contributed by atoms with Crippen LogP contribution in [0.1, 0.15) is 25.1 Å². The SMILES string of the molecule is CCNC(CCSC)c1cc2cc(Cl)ccc2o1. The van der Waals surface area contributed by atoms with Crippen molar-refractivity contribution in [3.8, 4) is 0 Å². The summed E-state index contributed by atoms with van der Waals surface area (Å²) in [6.07, 6.45) is 3.20. The number of nitrogens with one attached hydrogen (secondary N) is 1. The summed E-state index contributed by atoms with van der Waals surface area (Å²) in [6.45, 7) is 3.06. The van der Waals surface area contributed by atoms with Gasteiger partial charge in [0.2, 0.25) is 0 Å².